The summed E-state index contributed by atoms with van der Waals surface area (Å²) in [6, 6.07) is 12.2. The van der Waals surface area contributed by atoms with Crippen molar-refractivity contribution in [1.82, 2.24) is 14.6 Å². The highest BCUT2D eigenvalue weighted by atomic mass is 16.1. The lowest BCUT2D eigenvalue weighted by Gasteiger charge is -2.18. The highest BCUT2D eigenvalue weighted by Crippen LogP contribution is 2.14. The summed E-state index contributed by atoms with van der Waals surface area (Å²) < 4.78 is 1.31. The Bertz CT molecular complexity index is 927. The monoisotopic (exact) mass is 305 g/mol. The van der Waals surface area contributed by atoms with Crippen LogP contribution < -0.4 is 16.7 Å². The summed E-state index contributed by atoms with van der Waals surface area (Å²) in [5, 5.41) is 0. The van der Waals surface area contributed by atoms with Gasteiger partial charge in [-0.3, -0.25) is 10.2 Å². The van der Waals surface area contributed by atoms with E-state index >= 15 is 0 Å². The number of fused-ring (bicyclic) bond motifs is 1. The van der Waals surface area contributed by atoms with Crippen molar-refractivity contribution < 1.29 is 0 Å². The van der Waals surface area contributed by atoms with Gasteiger partial charge in [0.1, 0.15) is 5.82 Å². The molecule has 0 amide bonds. The number of nitrogens with one attached hydrogen (secondary N) is 1. The van der Waals surface area contributed by atoms with E-state index in [1.54, 1.807) is 18.3 Å². The van der Waals surface area contributed by atoms with E-state index < -0.39 is 6.04 Å². The molecule has 0 aliphatic carbocycles. The minimum atomic E-state index is -0.562. The fourth-order valence-corrected chi connectivity index (χ4v) is 2.25. The van der Waals surface area contributed by atoms with Crippen molar-refractivity contribution in [1.29, 1.82) is 0 Å². The smallest absolute Gasteiger partial charge is 0.298 e. The molecule has 0 spiro atoms. The topological polar surface area (TPSA) is 85.8 Å². The van der Waals surface area contributed by atoms with Gasteiger partial charge in [0, 0.05) is 12.6 Å². The van der Waals surface area contributed by atoms with Crippen LogP contribution in [0.4, 0.5) is 5.69 Å². The summed E-state index contributed by atoms with van der Waals surface area (Å²) >= 11 is 0. The number of para-hydroxylation sites is 1. The molecule has 6 nitrogen and oxygen atoms in total. The molecule has 0 aliphatic heterocycles. The molecule has 0 unspecified atom stereocenters. The van der Waals surface area contributed by atoms with Gasteiger partial charge < -0.3 is 5.73 Å². The Morgan fingerprint density at radius 3 is 2.78 bits per heavy atom. The number of benzene rings is 1. The summed E-state index contributed by atoms with van der Waals surface area (Å²) in [6.07, 6.45) is 7.17. The van der Waals surface area contributed by atoms with E-state index in [1.807, 2.05) is 30.3 Å². The third-order valence-electron chi connectivity index (χ3n) is 3.34. The van der Waals surface area contributed by atoms with Crippen LogP contribution in [-0.4, -0.2) is 14.6 Å². The predicted molar refractivity (Wildman–Crippen MR) is 89.6 cm³/mol. The number of anilines is 1. The molecule has 114 valence electrons. The second-order valence-electron chi connectivity index (χ2n) is 4.97. The Kier molecular flexibility index (Phi) is 4.04. The molecule has 1 atom stereocenters. The maximum absolute atomic E-state index is 12.8. The molecule has 23 heavy (non-hydrogen) atoms. The molecule has 2 heterocycles. The van der Waals surface area contributed by atoms with E-state index in [2.05, 4.69) is 21.3 Å². The zero-order valence-corrected chi connectivity index (χ0v) is 12.3. The molecule has 0 fully saturated rings. The van der Waals surface area contributed by atoms with Crippen molar-refractivity contribution in [2.45, 2.75) is 12.5 Å². The Labute approximate surface area is 133 Å². The Morgan fingerprint density at radius 1 is 1.26 bits per heavy atom. The fraction of sp³-hybridized carbons (Fsp3) is 0.118. The van der Waals surface area contributed by atoms with Crippen molar-refractivity contribution in [2.75, 3.05) is 5.43 Å². The SMILES string of the molecule is C#CC[C@@H](N)c1nc2cccnc2c(=O)n1Nc1ccccc1. The van der Waals surface area contributed by atoms with Crippen molar-refractivity contribution >= 4 is 16.7 Å². The third-order valence-corrected chi connectivity index (χ3v) is 3.34. The molecule has 0 saturated carbocycles. The maximum Gasteiger partial charge on any atom is 0.298 e. The van der Waals surface area contributed by atoms with Gasteiger partial charge in [-0.2, -0.15) is 0 Å². The first-order valence-electron chi connectivity index (χ1n) is 7.09. The summed E-state index contributed by atoms with van der Waals surface area (Å²) in [5.74, 6) is 2.87. The first kappa shape index (κ1) is 14.8. The lowest BCUT2D eigenvalue weighted by Crippen LogP contribution is -2.34. The molecule has 0 aliphatic rings. The first-order valence-corrected chi connectivity index (χ1v) is 7.09. The Balaban J connectivity index is 2.20. The molecule has 0 saturated heterocycles. The number of hydrogen-bond donors (Lipinski definition) is 2. The van der Waals surface area contributed by atoms with E-state index in [0.29, 0.717) is 11.3 Å². The van der Waals surface area contributed by atoms with Crippen LogP contribution in [0.15, 0.2) is 53.5 Å². The fourth-order valence-electron chi connectivity index (χ4n) is 2.25. The van der Waals surface area contributed by atoms with Crippen LogP contribution >= 0.6 is 0 Å². The van der Waals surface area contributed by atoms with Crippen molar-refractivity contribution in [3.63, 3.8) is 0 Å². The van der Waals surface area contributed by atoms with Gasteiger partial charge in [-0.15, -0.1) is 12.3 Å². The van der Waals surface area contributed by atoms with Crippen LogP contribution in [0.3, 0.4) is 0 Å². The summed E-state index contributed by atoms with van der Waals surface area (Å²) in [6.45, 7) is 0. The van der Waals surface area contributed by atoms with Crippen LogP contribution in [0.5, 0.6) is 0 Å². The van der Waals surface area contributed by atoms with E-state index in [9.17, 15) is 4.79 Å². The van der Waals surface area contributed by atoms with Crippen molar-refractivity contribution in [3.05, 3.63) is 64.8 Å². The van der Waals surface area contributed by atoms with E-state index in [4.69, 9.17) is 12.2 Å². The zero-order chi connectivity index (χ0) is 16.2. The third kappa shape index (κ3) is 2.91. The molecular weight excluding hydrogens is 290 g/mol. The Hall–Kier alpha value is -3.17. The van der Waals surface area contributed by atoms with Crippen LogP contribution in [0.1, 0.15) is 18.3 Å². The van der Waals surface area contributed by atoms with Gasteiger partial charge in [0.05, 0.1) is 17.2 Å². The quantitative estimate of drug-likeness (QED) is 0.716. The molecular formula is C17H15N5O. The first-order chi connectivity index (χ1) is 11.2. The highest BCUT2D eigenvalue weighted by molar-refractivity contribution is 5.72. The second kappa shape index (κ2) is 6.30. The van der Waals surface area contributed by atoms with Gasteiger partial charge in [0.2, 0.25) is 0 Å². The highest BCUT2D eigenvalue weighted by Gasteiger charge is 2.17. The van der Waals surface area contributed by atoms with Gasteiger partial charge >= 0.3 is 0 Å². The molecule has 3 N–H and O–H groups in total. The van der Waals surface area contributed by atoms with Gasteiger partial charge in [-0.05, 0) is 24.3 Å². The number of pyridine rings is 1. The lowest BCUT2D eigenvalue weighted by molar-refractivity contribution is 0.638. The second-order valence-corrected chi connectivity index (χ2v) is 4.97. The lowest BCUT2D eigenvalue weighted by atomic mass is 10.2. The molecule has 1 aromatic carbocycles. The number of hydrogen-bond acceptors (Lipinski definition) is 5. The summed E-state index contributed by atoms with van der Waals surface area (Å²) in [5.41, 5.74) is 10.3. The van der Waals surface area contributed by atoms with E-state index in [1.165, 1.54) is 4.68 Å². The van der Waals surface area contributed by atoms with Crippen LogP contribution in [0.2, 0.25) is 0 Å². The minimum absolute atomic E-state index is 0.271. The van der Waals surface area contributed by atoms with Gasteiger partial charge in [0.25, 0.3) is 5.56 Å². The number of rotatable bonds is 4. The minimum Gasteiger partial charge on any atom is -0.321 e. The van der Waals surface area contributed by atoms with Gasteiger partial charge in [-0.1, -0.05) is 18.2 Å². The van der Waals surface area contributed by atoms with Crippen LogP contribution in [0, 0.1) is 12.3 Å². The molecule has 6 heteroatoms. The van der Waals surface area contributed by atoms with Gasteiger partial charge in [-0.25, -0.2) is 14.6 Å². The van der Waals surface area contributed by atoms with E-state index in [-0.39, 0.29) is 17.5 Å². The maximum atomic E-state index is 12.8. The zero-order valence-electron chi connectivity index (χ0n) is 12.3. The number of terminal acetylenes is 1. The largest absolute Gasteiger partial charge is 0.321 e. The normalized spacial score (nSPS) is 11.8. The average molecular weight is 305 g/mol. The number of aromatic nitrogens is 3. The molecule has 2 aromatic heterocycles. The molecule has 3 rings (SSSR count). The average Bonchev–Trinajstić information content (AvgIpc) is 2.58. The molecule has 0 bridgehead atoms. The standard InChI is InChI=1S/C17H15N5O/c1-2-7-13(18)16-20-14-10-6-11-19-15(14)17(23)22(16)21-12-8-4-3-5-9-12/h1,3-6,8-11,13,21H,7,18H2/t13-/m1/s1. The molecule has 0 radical (unpaired) electrons. The summed E-state index contributed by atoms with van der Waals surface area (Å²) in [4.78, 5) is 21.3. The van der Waals surface area contributed by atoms with Crippen molar-refractivity contribution in [2.24, 2.45) is 5.73 Å². The molecule has 3 aromatic rings. The number of nitrogens with two attached hydrogens (primary N) is 1. The van der Waals surface area contributed by atoms with Crippen LogP contribution in [-0.2, 0) is 0 Å². The van der Waals surface area contributed by atoms with Crippen molar-refractivity contribution in [3.8, 4) is 12.3 Å². The number of nitrogens with zero attached hydrogens (tertiary/aromatic N) is 3. The van der Waals surface area contributed by atoms with E-state index in [0.717, 1.165) is 5.69 Å². The summed E-state index contributed by atoms with van der Waals surface area (Å²) in [7, 11) is 0. The van der Waals surface area contributed by atoms with Gasteiger partial charge in [0.15, 0.2) is 5.52 Å². The van der Waals surface area contributed by atoms with Crippen LogP contribution in [0.25, 0.3) is 11.0 Å². The predicted octanol–water partition coefficient (Wildman–Crippen LogP) is 1.69. The Morgan fingerprint density at radius 2 is 2.04 bits per heavy atom.